The molecule has 1 unspecified atom stereocenters. The summed E-state index contributed by atoms with van der Waals surface area (Å²) >= 11 is 6.36. The van der Waals surface area contributed by atoms with Crippen molar-refractivity contribution in [1.82, 2.24) is 4.98 Å². The molecule has 0 fully saturated rings. The number of nitrogens with two attached hydrogens (primary N) is 1. The number of hydrogen-bond donors (Lipinski definition) is 3. The van der Waals surface area contributed by atoms with Gasteiger partial charge < -0.3 is 30.2 Å². The van der Waals surface area contributed by atoms with Gasteiger partial charge in [0.05, 0.1) is 29.9 Å². The Kier molecular flexibility index (Phi) is 10.1. The summed E-state index contributed by atoms with van der Waals surface area (Å²) in [5.41, 5.74) is 7.19. The number of Topliss-reactive ketones (excluding diaryl/α,β-unsaturated/α-hetero) is 1. The number of carbonyl (C=O) groups excluding carboxylic acids is 2. The first-order valence-electron chi connectivity index (χ1n) is 13.1. The van der Waals surface area contributed by atoms with Gasteiger partial charge in [0, 0.05) is 30.5 Å². The van der Waals surface area contributed by atoms with Crippen molar-refractivity contribution in [2.45, 2.75) is 18.8 Å². The van der Waals surface area contributed by atoms with Crippen LogP contribution in [0.2, 0.25) is 5.02 Å². The van der Waals surface area contributed by atoms with Crippen molar-refractivity contribution in [3.8, 4) is 11.5 Å². The van der Waals surface area contributed by atoms with E-state index in [2.05, 4.69) is 10.3 Å². The fourth-order valence-electron chi connectivity index (χ4n) is 4.53. The molecule has 0 bridgehead atoms. The zero-order valence-corrected chi connectivity index (χ0v) is 23.6. The first-order chi connectivity index (χ1) is 19.8. The predicted octanol–water partition coefficient (Wildman–Crippen LogP) is 5.17. The zero-order chi connectivity index (χ0) is 29.4. The van der Waals surface area contributed by atoms with E-state index in [0.29, 0.717) is 54.1 Å². The number of nitrogens with one attached hydrogen (secondary N) is 2. The Labute approximate surface area is 242 Å². The Hall–Kier alpha value is -4.18. The number of methoxy groups -OCH3 is 2. The van der Waals surface area contributed by atoms with Gasteiger partial charge in [-0.25, -0.2) is 0 Å². The lowest BCUT2D eigenvalue weighted by molar-refractivity contribution is 0.0970. The van der Waals surface area contributed by atoms with Crippen molar-refractivity contribution in [1.29, 1.82) is 0 Å². The second-order valence-electron chi connectivity index (χ2n) is 9.40. The minimum absolute atomic E-state index is 0.0411. The molecule has 0 aliphatic carbocycles. The third-order valence-corrected chi connectivity index (χ3v) is 7.00. The molecule has 0 aliphatic rings. The number of halogens is 1. The molecule has 1 aromatic heterocycles. The maximum atomic E-state index is 13.2. The van der Waals surface area contributed by atoms with Crippen LogP contribution in [0.3, 0.4) is 0 Å². The van der Waals surface area contributed by atoms with E-state index in [1.807, 2.05) is 30.3 Å². The highest BCUT2D eigenvalue weighted by atomic mass is 35.5. The van der Waals surface area contributed by atoms with Gasteiger partial charge in [-0.2, -0.15) is 0 Å². The minimum atomic E-state index is -0.678. The molecule has 0 saturated carbocycles. The number of aromatic nitrogens is 1. The van der Waals surface area contributed by atoms with Gasteiger partial charge in [-0.15, -0.1) is 0 Å². The van der Waals surface area contributed by atoms with Crippen LogP contribution in [0.1, 0.15) is 45.0 Å². The molecule has 214 valence electrons. The van der Waals surface area contributed by atoms with Crippen LogP contribution in [0.5, 0.6) is 11.5 Å². The Morgan fingerprint density at radius 1 is 1.00 bits per heavy atom. The Bertz CT molecular complexity index is 1590. The average Bonchev–Trinajstić information content (AvgIpc) is 2.98. The normalized spacial score (nSPS) is 11.7. The smallest absolute Gasteiger partial charge is 0.261 e. The first-order valence-corrected chi connectivity index (χ1v) is 13.5. The largest absolute Gasteiger partial charge is 0.493 e. The molecule has 1 amide bonds. The molecular formula is C31H32ClN3O6. The molecule has 10 heteroatoms. The van der Waals surface area contributed by atoms with Crippen LogP contribution < -0.4 is 26.1 Å². The van der Waals surface area contributed by atoms with E-state index in [1.165, 1.54) is 19.2 Å². The topological polar surface area (TPSA) is 133 Å². The standard InChI is InChI=1S/C31H32ClN3O6/c1-39-12-13-41-29-17-22-14-23(30(37)34-25(22)18-28(29)40-2)31(38)35-26-15-21(8-9-24(26)32)27(36)16-20(10-11-33)19-6-4-3-5-7-19/h3-9,14-15,17-18,20H,10-13,16,33H2,1-2H3,(H,34,37)(H,35,38). The van der Waals surface area contributed by atoms with E-state index in [4.69, 9.17) is 31.5 Å². The summed E-state index contributed by atoms with van der Waals surface area (Å²) in [6.45, 7) is 1.12. The summed E-state index contributed by atoms with van der Waals surface area (Å²) in [7, 11) is 3.06. The van der Waals surface area contributed by atoms with Crippen LogP contribution in [-0.4, -0.2) is 50.7 Å². The number of benzene rings is 3. The number of hydrogen-bond acceptors (Lipinski definition) is 7. The van der Waals surface area contributed by atoms with E-state index in [0.717, 1.165) is 5.56 Å². The lowest BCUT2D eigenvalue weighted by Gasteiger charge is -2.16. The fourth-order valence-corrected chi connectivity index (χ4v) is 4.69. The van der Waals surface area contributed by atoms with Gasteiger partial charge in [-0.05, 0) is 54.8 Å². The minimum Gasteiger partial charge on any atom is -0.493 e. The summed E-state index contributed by atoms with van der Waals surface area (Å²) in [6.07, 6.45) is 0.904. The molecule has 1 heterocycles. The van der Waals surface area contributed by atoms with Crippen LogP contribution in [0.25, 0.3) is 10.9 Å². The van der Waals surface area contributed by atoms with Gasteiger partial charge in [0.2, 0.25) is 0 Å². The SMILES string of the molecule is COCCOc1cc2cc(C(=O)Nc3cc(C(=O)CC(CCN)c4ccccc4)ccc3Cl)c(=O)[nH]c2cc1OC. The van der Waals surface area contributed by atoms with Crippen molar-refractivity contribution >= 4 is 39.9 Å². The van der Waals surface area contributed by atoms with Gasteiger partial charge >= 0.3 is 0 Å². The second kappa shape index (κ2) is 13.9. The van der Waals surface area contributed by atoms with Crippen molar-refractivity contribution in [2.75, 3.05) is 39.3 Å². The summed E-state index contributed by atoms with van der Waals surface area (Å²) in [4.78, 5) is 42.0. The van der Waals surface area contributed by atoms with E-state index in [9.17, 15) is 14.4 Å². The number of fused-ring (bicyclic) bond motifs is 1. The molecule has 4 rings (SSSR count). The molecule has 3 aromatic carbocycles. The molecular weight excluding hydrogens is 546 g/mol. The molecule has 4 aromatic rings. The maximum Gasteiger partial charge on any atom is 0.261 e. The van der Waals surface area contributed by atoms with Crippen LogP contribution in [0.15, 0.2) is 71.5 Å². The zero-order valence-electron chi connectivity index (χ0n) is 22.9. The predicted molar refractivity (Wildman–Crippen MR) is 160 cm³/mol. The molecule has 0 radical (unpaired) electrons. The molecule has 4 N–H and O–H groups in total. The van der Waals surface area contributed by atoms with Gasteiger partial charge in [-0.3, -0.25) is 14.4 Å². The summed E-state index contributed by atoms with van der Waals surface area (Å²) in [6, 6.07) is 19.2. The molecule has 0 saturated heterocycles. The number of aromatic amines is 1. The van der Waals surface area contributed by atoms with E-state index >= 15 is 0 Å². The third kappa shape index (κ3) is 7.32. The lowest BCUT2D eigenvalue weighted by atomic mass is 9.89. The van der Waals surface area contributed by atoms with E-state index in [-0.39, 0.29) is 34.4 Å². The molecule has 1 atom stereocenters. The quantitative estimate of drug-likeness (QED) is 0.147. The highest BCUT2D eigenvalue weighted by Gasteiger charge is 2.20. The Morgan fingerprint density at radius 3 is 2.49 bits per heavy atom. The van der Waals surface area contributed by atoms with Crippen LogP contribution in [0.4, 0.5) is 5.69 Å². The first kappa shape index (κ1) is 29.8. The number of pyridine rings is 1. The second-order valence-corrected chi connectivity index (χ2v) is 9.81. The van der Waals surface area contributed by atoms with Crippen LogP contribution >= 0.6 is 11.6 Å². The highest BCUT2D eigenvalue weighted by Crippen LogP contribution is 2.32. The third-order valence-electron chi connectivity index (χ3n) is 6.67. The molecule has 41 heavy (non-hydrogen) atoms. The van der Waals surface area contributed by atoms with Gasteiger partial charge in [0.25, 0.3) is 11.5 Å². The van der Waals surface area contributed by atoms with Crippen molar-refractivity contribution < 1.29 is 23.8 Å². The fraction of sp³-hybridized carbons (Fsp3) is 0.258. The summed E-state index contributed by atoms with van der Waals surface area (Å²) < 4.78 is 16.1. The molecule has 9 nitrogen and oxygen atoms in total. The van der Waals surface area contributed by atoms with Crippen LogP contribution in [0, 0.1) is 0 Å². The maximum absolute atomic E-state index is 13.2. The van der Waals surface area contributed by atoms with Gasteiger partial charge in [0.15, 0.2) is 17.3 Å². The lowest BCUT2D eigenvalue weighted by Crippen LogP contribution is -2.23. The highest BCUT2D eigenvalue weighted by molar-refractivity contribution is 6.34. The summed E-state index contributed by atoms with van der Waals surface area (Å²) in [5.74, 6) is 0.0324. The van der Waals surface area contributed by atoms with E-state index in [1.54, 1.807) is 31.4 Å². The monoisotopic (exact) mass is 577 g/mol. The Morgan fingerprint density at radius 2 is 1.78 bits per heavy atom. The summed E-state index contributed by atoms with van der Waals surface area (Å²) in [5, 5.41) is 3.47. The molecule has 0 spiro atoms. The van der Waals surface area contributed by atoms with Gasteiger partial charge in [0.1, 0.15) is 12.2 Å². The van der Waals surface area contributed by atoms with Gasteiger partial charge in [-0.1, -0.05) is 41.9 Å². The number of anilines is 1. The number of rotatable bonds is 13. The van der Waals surface area contributed by atoms with E-state index < -0.39 is 11.5 Å². The molecule has 0 aliphatic heterocycles. The number of ketones is 1. The Balaban J connectivity index is 1.57. The number of ether oxygens (including phenoxy) is 3. The van der Waals surface area contributed by atoms with Crippen molar-refractivity contribution in [3.05, 3.63) is 98.8 Å². The number of H-pyrrole nitrogens is 1. The number of carbonyl (C=O) groups is 2. The van der Waals surface area contributed by atoms with Crippen molar-refractivity contribution in [3.63, 3.8) is 0 Å². The number of amides is 1. The van der Waals surface area contributed by atoms with Crippen molar-refractivity contribution in [2.24, 2.45) is 5.73 Å². The average molecular weight is 578 g/mol. The van der Waals surface area contributed by atoms with Crippen LogP contribution in [-0.2, 0) is 4.74 Å².